The number of anilines is 1. The molecule has 2 N–H and O–H groups in total. The lowest BCUT2D eigenvalue weighted by Crippen LogP contribution is -2.07. The SMILES string of the molecule is Nc1cc(Br)ccc1C(=O)Cc1cccc(Cl)c1Cl. The lowest BCUT2D eigenvalue weighted by atomic mass is 10.0. The van der Waals surface area contributed by atoms with E-state index in [1.54, 1.807) is 36.4 Å². The molecule has 2 nitrogen and oxygen atoms in total. The van der Waals surface area contributed by atoms with E-state index in [0.29, 0.717) is 26.9 Å². The molecule has 0 fully saturated rings. The normalized spacial score (nSPS) is 10.5. The fourth-order valence-corrected chi connectivity index (χ4v) is 2.51. The highest BCUT2D eigenvalue weighted by Gasteiger charge is 2.13. The van der Waals surface area contributed by atoms with Crippen molar-refractivity contribution in [3.8, 4) is 0 Å². The van der Waals surface area contributed by atoms with Crippen molar-refractivity contribution in [3.05, 3.63) is 62.0 Å². The molecule has 0 bridgehead atoms. The first kappa shape index (κ1) is 14.4. The minimum Gasteiger partial charge on any atom is -0.398 e. The number of nitrogen functional groups attached to an aromatic ring is 1. The molecule has 2 aromatic rings. The van der Waals surface area contributed by atoms with Crippen LogP contribution in [0.1, 0.15) is 15.9 Å². The van der Waals surface area contributed by atoms with Gasteiger partial charge in [-0.3, -0.25) is 4.79 Å². The fourth-order valence-electron chi connectivity index (χ4n) is 1.74. The summed E-state index contributed by atoms with van der Waals surface area (Å²) in [4.78, 5) is 12.2. The van der Waals surface area contributed by atoms with Crippen molar-refractivity contribution in [2.24, 2.45) is 0 Å². The van der Waals surface area contributed by atoms with Crippen LogP contribution in [-0.4, -0.2) is 5.78 Å². The highest BCUT2D eigenvalue weighted by molar-refractivity contribution is 9.10. The first-order chi connectivity index (χ1) is 8.99. The Bertz CT molecular complexity index is 643. The molecular formula is C14H10BrCl2NO. The van der Waals surface area contributed by atoms with E-state index in [-0.39, 0.29) is 12.2 Å². The number of ketones is 1. The Morgan fingerprint density at radius 1 is 1.21 bits per heavy atom. The monoisotopic (exact) mass is 357 g/mol. The van der Waals surface area contributed by atoms with Gasteiger partial charge in [-0.2, -0.15) is 0 Å². The van der Waals surface area contributed by atoms with Crippen molar-refractivity contribution in [1.29, 1.82) is 0 Å². The van der Waals surface area contributed by atoms with E-state index in [2.05, 4.69) is 15.9 Å². The molecule has 0 aliphatic heterocycles. The van der Waals surface area contributed by atoms with Crippen LogP contribution in [0.3, 0.4) is 0 Å². The van der Waals surface area contributed by atoms with Gasteiger partial charge in [-0.15, -0.1) is 0 Å². The molecule has 0 amide bonds. The van der Waals surface area contributed by atoms with Crippen LogP contribution in [0, 0.1) is 0 Å². The van der Waals surface area contributed by atoms with Gasteiger partial charge < -0.3 is 5.73 Å². The van der Waals surface area contributed by atoms with Crippen LogP contribution >= 0.6 is 39.1 Å². The van der Waals surface area contributed by atoms with Gasteiger partial charge in [0.15, 0.2) is 5.78 Å². The third-order valence-corrected chi connectivity index (χ3v) is 4.05. The zero-order valence-corrected chi connectivity index (χ0v) is 12.9. The van der Waals surface area contributed by atoms with Crippen LogP contribution in [0.5, 0.6) is 0 Å². The summed E-state index contributed by atoms with van der Waals surface area (Å²) >= 11 is 15.3. The molecule has 2 aromatic carbocycles. The minimum absolute atomic E-state index is 0.0887. The van der Waals surface area contributed by atoms with Gasteiger partial charge in [-0.25, -0.2) is 0 Å². The zero-order chi connectivity index (χ0) is 14.0. The third-order valence-electron chi connectivity index (χ3n) is 2.70. The number of hydrogen-bond donors (Lipinski definition) is 1. The van der Waals surface area contributed by atoms with Crippen LogP contribution in [-0.2, 0) is 6.42 Å². The number of nitrogens with two attached hydrogens (primary N) is 1. The Morgan fingerprint density at radius 2 is 1.95 bits per heavy atom. The Morgan fingerprint density at radius 3 is 2.63 bits per heavy atom. The first-order valence-corrected chi connectivity index (χ1v) is 7.05. The number of rotatable bonds is 3. The van der Waals surface area contributed by atoms with Crippen molar-refractivity contribution in [2.45, 2.75) is 6.42 Å². The van der Waals surface area contributed by atoms with Crippen molar-refractivity contribution in [1.82, 2.24) is 0 Å². The number of hydrogen-bond acceptors (Lipinski definition) is 2. The average Bonchev–Trinajstić information content (AvgIpc) is 2.34. The average molecular weight is 359 g/mol. The van der Waals surface area contributed by atoms with Crippen LogP contribution in [0.15, 0.2) is 40.9 Å². The van der Waals surface area contributed by atoms with Gasteiger partial charge in [0.05, 0.1) is 10.0 Å². The summed E-state index contributed by atoms with van der Waals surface area (Å²) in [5, 5.41) is 0.851. The van der Waals surface area contributed by atoms with E-state index >= 15 is 0 Å². The van der Waals surface area contributed by atoms with E-state index < -0.39 is 0 Å². The predicted molar refractivity (Wildman–Crippen MR) is 83.1 cm³/mol. The van der Waals surface area contributed by atoms with Gasteiger partial charge in [-0.1, -0.05) is 51.3 Å². The molecule has 0 radical (unpaired) electrons. The van der Waals surface area contributed by atoms with Crippen molar-refractivity contribution < 1.29 is 4.79 Å². The molecular weight excluding hydrogens is 349 g/mol. The molecule has 0 aliphatic rings. The molecule has 0 saturated carbocycles. The Kier molecular flexibility index (Phi) is 4.50. The molecule has 19 heavy (non-hydrogen) atoms. The van der Waals surface area contributed by atoms with Gasteiger partial charge in [0, 0.05) is 22.1 Å². The fraction of sp³-hybridized carbons (Fsp3) is 0.0714. The summed E-state index contributed by atoms with van der Waals surface area (Å²) in [6, 6.07) is 10.4. The second-order valence-electron chi connectivity index (χ2n) is 4.04. The molecule has 0 saturated heterocycles. The van der Waals surface area contributed by atoms with Crippen LogP contribution in [0.4, 0.5) is 5.69 Å². The standard InChI is InChI=1S/C14H10BrCl2NO/c15-9-4-5-10(12(18)7-9)13(19)6-8-2-1-3-11(16)14(8)17/h1-5,7H,6,18H2. The predicted octanol–water partition coefficient (Wildman–Crippen LogP) is 4.76. The summed E-state index contributed by atoms with van der Waals surface area (Å²) < 4.78 is 0.835. The van der Waals surface area contributed by atoms with Crippen LogP contribution in [0.25, 0.3) is 0 Å². The topological polar surface area (TPSA) is 43.1 Å². The van der Waals surface area contributed by atoms with E-state index in [1.807, 2.05) is 0 Å². The summed E-state index contributed by atoms with van der Waals surface area (Å²) in [7, 11) is 0. The molecule has 0 aliphatic carbocycles. The van der Waals surface area contributed by atoms with Crippen molar-refractivity contribution >= 4 is 50.6 Å². The van der Waals surface area contributed by atoms with Gasteiger partial charge >= 0.3 is 0 Å². The van der Waals surface area contributed by atoms with Crippen molar-refractivity contribution in [3.63, 3.8) is 0 Å². The number of carbonyl (C=O) groups is 1. The van der Waals surface area contributed by atoms with Crippen LogP contribution in [0.2, 0.25) is 10.0 Å². The summed E-state index contributed by atoms with van der Waals surface area (Å²) in [6.07, 6.45) is 0.172. The van der Waals surface area contributed by atoms with E-state index in [1.165, 1.54) is 0 Å². The number of benzene rings is 2. The lowest BCUT2D eigenvalue weighted by molar-refractivity contribution is 0.0994. The van der Waals surface area contributed by atoms with E-state index in [4.69, 9.17) is 28.9 Å². The minimum atomic E-state index is -0.0887. The van der Waals surface area contributed by atoms with E-state index in [0.717, 1.165) is 4.47 Å². The van der Waals surface area contributed by atoms with Crippen molar-refractivity contribution in [2.75, 3.05) is 5.73 Å². The second-order valence-corrected chi connectivity index (χ2v) is 5.75. The van der Waals surface area contributed by atoms with Gasteiger partial charge in [0.2, 0.25) is 0 Å². The summed E-state index contributed by atoms with van der Waals surface area (Å²) in [5.41, 5.74) is 7.46. The lowest BCUT2D eigenvalue weighted by Gasteiger charge is -2.07. The Balaban J connectivity index is 2.28. The molecule has 0 aromatic heterocycles. The number of carbonyl (C=O) groups excluding carboxylic acids is 1. The molecule has 2 rings (SSSR count). The summed E-state index contributed by atoms with van der Waals surface area (Å²) in [5.74, 6) is -0.0887. The molecule has 0 heterocycles. The largest absolute Gasteiger partial charge is 0.398 e. The second kappa shape index (κ2) is 5.95. The molecule has 5 heteroatoms. The molecule has 0 spiro atoms. The zero-order valence-electron chi connectivity index (χ0n) is 9.79. The third kappa shape index (κ3) is 3.30. The number of Topliss-reactive ketones (excluding diaryl/α,β-unsaturated/α-hetero) is 1. The highest BCUT2D eigenvalue weighted by atomic mass is 79.9. The molecule has 98 valence electrons. The first-order valence-electron chi connectivity index (χ1n) is 5.50. The maximum atomic E-state index is 12.2. The summed E-state index contributed by atoms with van der Waals surface area (Å²) in [6.45, 7) is 0. The number of halogens is 3. The Labute approximate surface area is 129 Å². The van der Waals surface area contributed by atoms with Gasteiger partial charge in [0.1, 0.15) is 0 Å². The maximum Gasteiger partial charge on any atom is 0.169 e. The molecule has 0 unspecified atom stereocenters. The smallest absolute Gasteiger partial charge is 0.169 e. The van der Waals surface area contributed by atoms with Crippen LogP contribution < -0.4 is 5.73 Å². The maximum absolute atomic E-state index is 12.2. The quantitative estimate of drug-likeness (QED) is 0.634. The molecule has 0 atom stereocenters. The van der Waals surface area contributed by atoms with E-state index in [9.17, 15) is 4.79 Å². The van der Waals surface area contributed by atoms with Gasteiger partial charge in [-0.05, 0) is 29.8 Å². The Hall–Kier alpha value is -1.03. The highest BCUT2D eigenvalue weighted by Crippen LogP contribution is 2.27. The van der Waals surface area contributed by atoms with Gasteiger partial charge in [0.25, 0.3) is 0 Å².